The van der Waals surface area contributed by atoms with Crippen molar-refractivity contribution in [3.63, 3.8) is 0 Å². The van der Waals surface area contributed by atoms with Gasteiger partial charge in [0.05, 0.1) is 0 Å². The minimum absolute atomic E-state index is 0.0855. The van der Waals surface area contributed by atoms with Gasteiger partial charge in [-0.15, -0.1) is 0 Å². The van der Waals surface area contributed by atoms with Crippen LogP contribution in [0.4, 0.5) is 0 Å². The summed E-state index contributed by atoms with van der Waals surface area (Å²) >= 11 is 3.41. The van der Waals surface area contributed by atoms with E-state index >= 15 is 0 Å². The third kappa shape index (κ3) is 4.48. The van der Waals surface area contributed by atoms with Crippen molar-refractivity contribution < 1.29 is 9.53 Å². The maximum absolute atomic E-state index is 11.3. The van der Waals surface area contributed by atoms with Crippen LogP contribution in [0.5, 0.6) is 0 Å². The van der Waals surface area contributed by atoms with Crippen LogP contribution in [0.2, 0.25) is 0 Å². The summed E-state index contributed by atoms with van der Waals surface area (Å²) in [6, 6.07) is 8.14. The Kier molecular flexibility index (Phi) is 5.15. The lowest BCUT2D eigenvalue weighted by Gasteiger charge is -2.25. The number of hydrogen-bond donors (Lipinski definition) is 1. The van der Waals surface area contributed by atoms with E-state index in [4.69, 9.17) is 4.74 Å². The van der Waals surface area contributed by atoms with Gasteiger partial charge in [-0.05, 0) is 17.7 Å². The molecular weight excluding hydrogens is 282 g/mol. The van der Waals surface area contributed by atoms with Crippen LogP contribution in [0.1, 0.15) is 19.4 Å². The molecule has 0 saturated heterocycles. The Morgan fingerprint density at radius 2 is 1.94 bits per heavy atom. The van der Waals surface area contributed by atoms with Crippen molar-refractivity contribution >= 4 is 21.8 Å². The molecular formula is C13H18BrNO2. The average Bonchev–Trinajstić information content (AvgIpc) is 2.28. The molecule has 0 aliphatic rings. The van der Waals surface area contributed by atoms with E-state index in [0.29, 0.717) is 6.54 Å². The fourth-order valence-electron chi connectivity index (χ4n) is 1.50. The predicted octanol–water partition coefficient (Wildman–Crippen LogP) is 2.49. The predicted molar refractivity (Wildman–Crippen MR) is 72.1 cm³/mol. The van der Waals surface area contributed by atoms with Crippen LogP contribution < -0.4 is 5.32 Å². The molecule has 1 amide bonds. The zero-order valence-electron chi connectivity index (χ0n) is 10.4. The van der Waals surface area contributed by atoms with Gasteiger partial charge < -0.3 is 10.1 Å². The Hall–Kier alpha value is -0.870. The molecule has 0 spiro atoms. The average molecular weight is 300 g/mol. The Morgan fingerprint density at radius 1 is 1.35 bits per heavy atom. The lowest BCUT2D eigenvalue weighted by atomic mass is 9.84. The van der Waals surface area contributed by atoms with Crippen LogP contribution in [0.15, 0.2) is 28.7 Å². The van der Waals surface area contributed by atoms with Crippen molar-refractivity contribution in [3.8, 4) is 0 Å². The van der Waals surface area contributed by atoms with Crippen LogP contribution in [0, 0.1) is 0 Å². The van der Waals surface area contributed by atoms with Crippen molar-refractivity contribution in [2.24, 2.45) is 0 Å². The second-order valence-electron chi connectivity index (χ2n) is 4.60. The number of carbonyl (C=O) groups is 1. The Labute approximate surface area is 111 Å². The first-order chi connectivity index (χ1) is 7.95. The molecule has 17 heavy (non-hydrogen) atoms. The zero-order chi connectivity index (χ0) is 12.9. The van der Waals surface area contributed by atoms with Crippen LogP contribution >= 0.6 is 15.9 Å². The number of methoxy groups -OCH3 is 1. The highest BCUT2D eigenvalue weighted by Crippen LogP contribution is 2.23. The number of carbonyl (C=O) groups excluding carboxylic acids is 1. The molecule has 0 radical (unpaired) electrons. The summed E-state index contributed by atoms with van der Waals surface area (Å²) in [5.41, 5.74) is 1.10. The van der Waals surface area contributed by atoms with Crippen LogP contribution in [-0.2, 0) is 14.9 Å². The maximum Gasteiger partial charge on any atom is 0.246 e. The number of benzene rings is 1. The first kappa shape index (κ1) is 14.2. The molecule has 1 aromatic rings. The largest absolute Gasteiger partial charge is 0.375 e. The summed E-state index contributed by atoms with van der Waals surface area (Å²) < 4.78 is 5.83. The van der Waals surface area contributed by atoms with Crippen molar-refractivity contribution in [1.82, 2.24) is 5.32 Å². The van der Waals surface area contributed by atoms with Gasteiger partial charge in [0.25, 0.3) is 0 Å². The van der Waals surface area contributed by atoms with E-state index in [9.17, 15) is 4.79 Å². The summed E-state index contributed by atoms with van der Waals surface area (Å²) in [5, 5.41) is 2.86. The Balaban J connectivity index is 2.61. The first-order valence-corrected chi connectivity index (χ1v) is 6.27. The molecule has 0 aliphatic heterocycles. The van der Waals surface area contributed by atoms with E-state index in [1.807, 2.05) is 12.1 Å². The van der Waals surface area contributed by atoms with Crippen LogP contribution in [-0.4, -0.2) is 26.2 Å². The minimum Gasteiger partial charge on any atom is -0.375 e. The second kappa shape index (κ2) is 6.17. The molecule has 3 nitrogen and oxygen atoms in total. The molecule has 1 N–H and O–H groups in total. The molecule has 1 aromatic carbocycles. The minimum atomic E-state index is -0.0932. The highest BCUT2D eigenvalue weighted by Gasteiger charge is 2.21. The summed E-state index contributed by atoms with van der Waals surface area (Å²) in [6.45, 7) is 4.90. The van der Waals surface area contributed by atoms with Crippen LogP contribution in [0.3, 0.4) is 0 Å². The molecule has 0 atom stereocenters. The number of amides is 1. The van der Waals surface area contributed by atoms with Gasteiger partial charge in [-0.2, -0.15) is 0 Å². The first-order valence-electron chi connectivity index (χ1n) is 5.47. The zero-order valence-corrected chi connectivity index (χ0v) is 12.0. The molecule has 1 rings (SSSR count). The van der Waals surface area contributed by atoms with Gasteiger partial charge in [-0.1, -0.05) is 41.9 Å². The number of nitrogens with one attached hydrogen (secondary N) is 1. The molecule has 0 aliphatic carbocycles. The topological polar surface area (TPSA) is 38.3 Å². The normalized spacial score (nSPS) is 11.3. The number of halogens is 1. The Bertz CT molecular complexity index is 374. The van der Waals surface area contributed by atoms with E-state index in [-0.39, 0.29) is 17.9 Å². The quantitative estimate of drug-likeness (QED) is 0.907. The van der Waals surface area contributed by atoms with Gasteiger partial charge in [-0.25, -0.2) is 0 Å². The van der Waals surface area contributed by atoms with Crippen molar-refractivity contribution in [2.75, 3.05) is 20.3 Å². The standard InChI is InChI=1S/C13H18BrNO2/c1-13(2,9-15-12(16)8-17-3)10-4-6-11(14)7-5-10/h4-7H,8-9H2,1-3H3,(H,15,16). The highest BCUT2D eigenvalue weighted by molar-refractivity contribution is 9.10. The second-order valence-corrected chi connectivity index (χ2v) is 5.52. The maximum atomic E-state index is 11.3. The molecule has 94 valence electrons. The van der Waals surface area contributed by atoms with E-state index in [2.05, 4.69) is 47.2 Å². The van der Waals surface area contributed by atoms with Gasteiger partial charge in [0, 0.05) is 23.5 Å². The van der Waals surface area contributed by atoms with E-state index in [1.165, 1.54) is 12.7 Å². The van der Waals surface area contributed by atoms with E-state index in [1.54, 1.807) is 0 Å². The summed E-state index contributed by atoms with van der Waals surface area (Å²) in [4.78, 5) is 11.3. The number of ether oxygens (including phenoxy) is 1. The molecule has 0 aromatic heterocycles. The van der Waals surface area contributed by atoms with E-state index in [0.717, 1.165) is 4.47 Å². The molecule has 0 bridgehead atoms. The molecule has 0 fully saturated rings. The molecule has 0 unspecified atom stereocenters. The molecule has 0 heterocycles. The number of rotatable bonds is 5. The number of hydrogen-bond acceptors (Lipinski definition) is 2. The smallest absolute Gasteiger partial charge is 0.246 e. The highest BCUT2D eigenvalue weighted by atomic mass is 79.9. The summed E-state index contributed by atoms with van der Waals surface area (Å²) in [6.07, 6.45) is 0. The van der Waals surface area contributed by atoms with Gasteiger partial charge in [0.2, 0.25) is 5.91 Å². The summed E-state index contributed by atoms with van der Waals surface area (Å²) in [7, 11) is 1.51. The van der Waals surface area contributed by atoms with Crippen molar-refractivity contribution in [2.45, 2.75) is 19.3 Å². The molecule has 0 saturated carbocycles. The fraction of sp³-hybridized carbons (Fsp3) is 0.462. The monoisotopic (exact) mass is 299 g/mol. The lowest BCUT2D eigenvalue weighted by molar-refractivity contribution is -0.124. The molecule has 4 heteroatoms. The van der Waals surface area contributed by atoms with Gasteiger partial charge in [-0.3, -0.25) is 4.79 Å². The van der Waals surface area contributed by atoms with Crippen molar-refractivity contribution in [1.29, 1.82) is 0 Å². The van der Waals surface area contributed by atoms with Crippen LogP contribution in [0.25, 0.3) is 0 Å². The van der Waals surface area contributed by atoms with Gasteiger partial charge in [0.15, 0.2) is 0 Å². The third-order valence-corrected chi connectivity index (χ3v) is 3.16. The van der Waals surface area contributed by atoms with Gasteiger partial charge in [0.1, 0.15) is 6.61 Å². The lowest BCUT2D eigenvalue weighted by Crippen LogP contribution is -2.38. The van der Waals surface area contributed by atoms with Crippen molar-refractivity contribution in [3.05, 3.63) is 34.3 Å². The SMILES string of the molecule is COCC(=O)NCC(C)(C)c1ccc(Br)cc1. The van der Waals surface area contributed by atoms with E-state index < -0.39 is 0 Å². The fourth-order valence-corrected chi connectivity index (χ4v) is 1.77. The summed E-state index contributed by atoms with van der Waals surface area (Å²) in [5.74, 6) is -0.0855. The van der Waals surface area contributed by atoms with Gasteiger partial charge >= 0.3 is 0 Å². The Morgan fingerprint density at radius 3 is 2.47 bits per heavy atom. The third-order valence-electron chi connectivity index (χ3n) is 2.63.